The van der Waals surface area contributed by atoms with Gasteiger partial charge in [0.1, 0.15) is 0 Å². The number of carbonyl (C=O) groups is 1. The minimum atomic E-state index is -3.46. The third-order valence-electron chi connectivity index (χ3n) is 1.86. The Labute approximate surface area is 98.1 Å². The van der Waals surface area contributed by atoms with E-state index in [4.69, 9.17) is 16.7 Å². The van der Waals surface area contributed by atoms with Crippen molar-refractivity contribution in [1.82, 2.24) is 0 Å². The number of halogens is 1. The maximum absolute atomic E-state index is 11.3. The highest BCUT2D eigenvalue weighted by Crippen LogP contribution is 2.24. The highest BCUT2D eigenvalue weighted by Gasteiger charge is 2.12. The Morgan fingerprint density at radius 3 is 2.62 bits per heavy atom. The average molecular weight is 264 g/mol. The molecule has 0 aliphatic heterocycles. The summed E-state index contributed by atoms with van der Waals surface area (Å²) < 4.78 is 24.8. The van der Waals surface area contributed by atoms with Gasteiger partial charge >= 0.3 is 5.97 Å². The number of benzene rings is 1. The van der Waals surface area contributed by atoms with Crippen molar-refractivity contribution >= 4 is 33.3 Å². The van der Waals surface area contributed by atoms with Crippen LogP contribution in [0.15, 0.2) is 18.2 Å². The predicted molar refractivity (Wildman–Crippen MR) is 61.5 cm³/mol. The molecule has 16 heavy (non-hydrogen) atoms. The first-order valence-corrected chi connectivity index (χ1v) is 6.42. The second kappa shape index (κ2) is 4.71. The van der Waals surface area contributed by atoms with E-state index >= 15 is 0 Å². The van der Waals surface area contributed by atoms with Crippen LogP contribution in [0.1, 0.15) is 17.3 Å². The molecule has 2 N–H and O–H groups in total. The van der Waals surface area contributed by atoms with E-state index in [1.807, 2.05) is 0 Å². The number of nitrogens with one attached hydrogen (secondary N) is 1. The molecule has 0 aliphatic carbocycles. The van der Waals surface area contributed by atoms with Gasteiger partial charge in [-0.25, -0.2) is 13.2 Å². The zero-order chi connectivity index (χ0) is 12.3. The molecule has 0 unspecified atom stereocenters. The quantitative estimate of drug-likeness (QED) is 0.868. The van der Waals surface area contributed by atoms with Crippen LogP contribution in [0, 0.1) is 0 Å². The molecule has 5 nitrogen and oxygen atoms in total. The second-order valence-corrected chi connectivity index (χ2v) is 5.42. The zero-order valence-corrected chi connectivity index (χ0v) is 9.97. The molecule has 0 atom stereocenters. The molecule has 0 radical (unpaired) electrons. The SMILES string of the molecule is CCS(=O)(=O)Nc1cc(C(=O)O)ccc1Cl. The molecule has 1 aromatic rings. The lowest BCUT2D eigenvalue weighted by molar-refractivity contribution is 0.0697. The van der Waals surface area contributed by atoms with Crippen LogP contribution < -0.4 is 4.72 Å². The summed E-state index contributed by atoms with van der Waals surface area (Å²) in [5.41, 5.74) is 0.0432. The molecule has 0 spiro atoms. The smallest absolute Gasteiger partial charge is 0.335 e. The lowest BCUT2D eigenvalue weighted by Gasteiger charge is -2.08. The third-order valence-corrected chi connectivity index (χ3v) is 3.48. The molecule has 0 aromatic heterocycles. The van der Waals surface area contributed by atoms with Gasteiger partial charge in [0, 0.05) is 0 Å². The monoisotopic (exact) mass is 263 g/mol. The van der Waals surface area contributed by atoms with Crippen molar-refractivity contribution in [2.45, 2.75) is 6.92 Å². The Morgan fingerprint density at radius 2 is 2.12 bits per heavy atom. The molecule has 0 heterocycles. The molecule has 88 valence electrons. The minimum absolute atomic E-state index is 0.0294. The van der Waals surface area contributed by atoms with Gasteiger partial charge in [0.15, 0.2) is 0 Å². The Kier molecular flexibility index (Phi) is 3.77. The molecule has 0 saturated heterocycles. The number of hydrogen-bond donors (Lipinski definition) is 2. The van der Waals surface area contributed by atoms with Crippen molar-refractivity contribution in [3.63, 3.8) is 0 Å². The topological polar surface area (TPSA) is 83.5 Å². The normalized spacial score (nSPS) is 11.1. The number of hydrogen-bond acceptors (Lipinski definition) is 3. The van der Waals surface area contributed by atoms with Gasteiger partial charge in [0.05, 0.1) is 22.0 Å². The summed E-state index contributed by atoms with van der Waals surface area (Å²) >= 11 is 5.74. The first-order chi connectivity index (χ1) is 7.35. The standard InChI is InChI=1S/C9H10ClNO4S/c1-2-16(14,15)11-8-5-6(9(12)13)3-4-7(8)10/h3-5,11H,2H2,1H3,(H,12,13). The fraction of sp³-hybridized carbons (Fsp3) is 0.222. The van der Waals surface area contributed by atoms with Crippen LogP contribution in [0.4, 0.5) is 5.69 Å². The van der Waals surface area contributed by atoms with E-state index in [-0.39, 0.29) is 22.0 Å². The summed E-state index contributed by atoms with van der Waals surface area (Å²) in [4.78, 5) is 10.7. The Morgan fingerprint density at radius 1 is 1.50 bits per heavy atom. The molecule has 0 bridgehead atoms. The highest BCUT2D eigenvalue weighted by atomic mass is 35.5. The molecule has 0 aliphatic rings. The summed E-state index contributed by atoms with van der Waals surface area (Å²) in [7, 11) is -3.46. The molecule has 1 rings (SSSR count). The van der Waals surface area contributed by atoms with Gasteiger partial charge in [0.25, 0.3) is 0 Å². The van der Waals surface area contributed by atoms with Crippen LogP contribution in [0.2, 0.25) is 5.02 Å². The summed E-state index contributed by atoms with van der Waals surface area (Å²) in [5.74, 6) is -1.26. The highest BCUT2D eigenvalue weighted by molar-refractivity contribution is 7.92. The Bertz CT molecular complexity index is 512. The van der Waals surface area contributed by atoms with Crippen LogP contribution in [-0.4, -0.2) is 25.2 Å². The summed E-state index contributed by atoms with van der Waals surface area (Å²) in [6.07, 6.45) is 0. The van der Waals surface area contributed by atoms with E-state index in [0.29, 0.717) is 0 Å². The van der Waals surface area contributed by atoms with E-state index < -0.39 is 16.0 Å². The van der Waals surface area contributed by atoms with Crippen LogP contribution in [-0.2, 0) is 10.0 Å². The van der Waals surface area contributed by atoms with E-state index in [0.717, 1.165) is 0 Å². The van der Waals surface area contributed by atoms with Gasteiger partial charge in [-0.1, -0.05) is 11.6 Å². The van der Waals surface area contributed by atoms with Crippen LogP contribution in [0.5, 0.6) is 0 Å². The summed E-state index contributed by atoms with van der Waals surface area (Å²) in [6, 6.07) is 3.81. The number of sulfonamides is 1. The molecule has 0 fully saturated rings. The maximum Gasteiger partial charge on any atom is 0.335 e. The molecule has 0 amide bonds. The Hall–Kier alpha value is -1.27. The predicted octanol–water partition coefficient (Wildman–Crippen LogP) is 1.80. The van der Waals surface area contributed by atoms with Crippen LogP contribution in [0.25, 0.3) is 0 Å². The molecule has 7 heteroatoms. The van der Waals surface area contributed by atoms with Crippen molar-refractivity contribution in [2.75, 3.05) is 10.5 Å². The van der Waals surface area contributed by atoms with Gasteiger partial charge in [-0.3, -0.25) is 4.72 Å². The summed E-state index contributed by atoms with van der Waals surface area (Å²) in [6.45, 7) is 1.47. The van der Waals surface area contributed by atoms with Gasteiger partial charge in [0.2, 0.25) is 10.0 Å². The van der Waals surface area contributed by atoms with E-state index in [2.05, 4.69) is 4.72 Å². The number of rotatable bonds is 4. The van der Waals surface area contributed by atoms with Crippen LogP contribution in [0.3, 0.4) is 0 Å². The second-order valence-electron chi connectivity index (χ2n) is 3.01. The number of carboxylic acid groups (broad SMARTS) is 1. The third kappa shape index (κ3) is 3.11. The number of aromatic carboxylic acids is 1. The fourth-order valence-corrected chi connectivity index (χ4v) is 1.85. The van der Waals surface area contributed by atoms with E-state index in [9.17, 15) is 13.2 Å². The molecular weight excluding hydrogens is 254 g/mol. The molecular formula is C9H10ClNO4S. The lowest BCUT2D eigenvalue weighted by Crippen LogP contribution is -2.15. The van der Waals surface area contributed by atoms with Gasteiger partial charge in [-0.05, 0) is 25.1 Å². The fourth-order valence-electron chi connectivity index (χ4n) is 0.976. The Balaban J connectivity index is 3.13. The number of anilines is 1. The maximum atomic E-state index is 11.3. The summed E-state index contributed by atoms with van der Waals surface area (Å²) in [5, 5.41) is 8.89. The van der Waals surface area contributed by atoms with E-state index in [1.54, 1.807) is 0 Å². The molecule has 0 saturated carbocycles. The van der Waals surface area contributed by atoms with Crippen molar-refractivity contribution in [3.05, 3.63) is 28.8 Å². The van der Waals surface area contributed by atoms with Crippen molar-refractivity contribution in [1.29, 1.82) is 0 Å². The minimum Gasteiger partial charge on any atom is -0.478 e. The van der Waals surface area contributed by atoms with Gasteiger partial charge < -0.3 is 5.11 Å². The first-order valence-electron chi connectivity index (χ1n) is 4.39. The largest absolute Gasteiger partial charge is 0.478 e. The number of carboxylic acids is 1. The van der Waals surface area contributed by atoms with Crippen LogP contribution >= 0.6 is 11.6 Å². The van der Waals surface area contributed by atoms with Crippen molar-refractivity contribution in [2.24, 2.45) is 0 Å². The average Bonchev–Trinajstić information content (AvgIpc) is 2.21. The van der Waals surface area contributed by atoms with Crippen molar-refractivity contribution < 1.29 is 18.3 Å². The van der Waals surface area contributed by atoms with E-state index in [1.165, 1.54) is 25.1 Å². The van der Waals surface area contributed by atoms with Gasteiger partial charge in [-0.15, -0.1) is 0 Å². The molecule has 1 aromatic carbocycles. The lowest BCUT2D eigenvalue weighted by atomic mass is 10.2. The zero-order valence-electron chi connectivity index (χ0n) is 8.40. The van der Waals surface area contributed by atoms with Crippen molar-refractivity contribution in [3.8, 4) is 0 Å². The van der Waals surface area contributed by atoms with Gasteiger partial charge in [-0.2, -0.15) is 0 Å². The first kappa shape index (κ1) is 12.8.